The molecule has 0 saturated carbocycles. The SMILES string of the molecule is C#CCN(c1ccc(C(=O)N[C@@H](CCC(=O)N(C)[C@@H](CCC(=O)O)C(=O)O)C(=O)O)cc1)C1CCc2cc3nc(C)[nH]c(=O)c3cc21. The van der Waals surface area contributed by atoms with Gasteiger partial charge in [-0.05, 0) is 80.1 Å². The van der Waals surface area contributed by atoms with Crippen LogP contribution in [0.25, 0.3) is 10.9 Å². The predicted octanol–water partition coefficient (Wildman–Crippen LogP) is 2.10. The van der Waals surface area contributed by atoms with Crippen molar-refractivity contribution in [3.63, 3.8) is 0 Å². The summed E-state index contributed by atoms with van der Waals surface area (Å²) in [5.41, 5.74) is 3.31. The molecule has 14 heteroatoms. The molecule has 0 fully saturated rings. The van der Waals surface area contributed by atoms with Crippen molar-refractivity contribution in [3.8, 4) is 12.3 Å². The van der Waals surface area contributed by atoms with Gasteiger partial charge >= 0.3 is 17.9 Å². The fourth-order valence-corrected chi connectivity index (χ4v) is 5.81. The van der Waals surface area contributed by atoms with Crippen LogP contribution in [0.2, 0.25) is 0 Å². The summed E-state index contributed by atoms with van der Waals surface area (Å²) in [6.45, 7) is 1.98. The molecule has 3 atom stereocenters. The number of carbonyl (C=O) groups excluding carboxylic acids is 2. The van der Waals surface area contributed by atoms with Gasteiger partial charge in [0.15, 0.2) is 0 Å². The van der Waals surface area contributed by atoms with Crippen molar-refractivity contribution in [1.29, 1.82) is 0 Å². The largest absolute Gasteiger partial charge is 0.481 e. The zero-order chi connectivity index (χ0) is 34.4. The van der Waals surface area contributed by atoms with Crippen LogP contribution < -0.4 is 15.8 Å². The molecular formula is C33H35N5O9. The first kappa shape index (κ1) is 34.2. The Morgan fingerprint density at radius 2 is 1.77 bits per heavy atom. The molecule has 1 aliphatic carbocycles. The number of fused-ring (bicyclic) bond motifs is 2. The Morgan fingerprint density at radius 1 is 1.06 bits per heavy atom. The molecule has 0 aliphatic heterocycles. The van der Waals surface area contributed by atoms with E-state index in [4.69, 9.17) is 11.5 Å². The molecule has 47 heavy (non-hydrogen) atoms. The van der Waals surface area contributed by atoms with Crippen LogP contribution >= 0.6 is 0 Å². The molecular weight excluding hydrogens is 610 g/mol. The molecule has 0 bridgehead atoms. The van der Waals surface area contributed by atoms with Crippen LogP contribution in [0.1, 0.15) is 65.5 Å². The fourth-order valence-electron chi connectivity index (χ4n) is 5.81. The minimum absolute atomic E-state index is 0.136. The number of terminal acetylenes is 1. The third-order valence-corrected chi connectivity index (χ3v) is 8.26. The van der Waals surface area contributed by atoms with Gasteiger partial charge in [0, 0.05) is 31.1 Å². The molecule has 1 aliphatic rings. The van der Waals surface area contributed by atoms with E-state index in [-0.39, 0.29) is 36.6 Å². The average molecular weight is 646 g/mol. The standard InChI is InChI=1S/C33H35N5O9/c1-4-15-38(26-11-7-20-16-25-23(17-22(20)26)31(43)35-18(2)34-25)21-8-5-19(6-9-21)30(42)36-24(32(44)45)10-13-28(39)37(3)27(33(46)47)12-14-29(40)41/h1,5-6,8-9,16-17,24,26-27H,7,10-15H2,2-3H3,(H,36,42)(H,40,41)(H,44,45)(H,46,47)(H,34,35,43)/t24-,26?,27-/m0/s1. The number of aromatic amines is 1. The van der Waals surface area contributed by atoms with Crippen molar-refractivity contribution in [3.05, 3.63) is 69.3 Å². The molecule has 2 aromatic carbocycles. The van der Waals surface area contributed by atoms with Crippen molar-refractivity contribution in [2.45, 2.75) is 63.6 Å². The number of anilines is 1. The maximum atomic E-state index is 13.0. The van der Waals surface area contributed by atoms with E-state index < -0.39 is 54.6 Å². The highest BCUT2D eigenvalue weighted by atomic mass is 16.4. The number of carboxylic acids is 3. The minimum Gasteiger partial charge on any atom is -0.481 e. The maximum absolute atomic E-state index is 13.0. The molecule has 5 N–H and O–H groups in total. The lowest BCUT2D eigenvalue weighted by atomic mass is 10.0. The number of nitrogens with one attached hydrogen (secondary N) is 2. The van der Waals surface area contributed by atoms with E-state index in [1.165, 1.54) is 19.2 Å². The quantitative estimate of drug-likeness (QED) is 0.160. The van der Waals surface area contributed by atoms with Gasteiger partial charge in [-0.15, -0.1) is 6.42 Å². The normalized spacial score (nSPS) is 14.8. The number of amides is 2. The first-order valence-electron chi connectivity index (χ1n) is 14.9. The third kappa shape index (κ3) is 7.93. The van der Waals surface area contributed by atoms with E-state index in [0.717, 1.165) is 28.9 Å². The van der Waals surface area contributed by atoms with Gasteiger partial charge in [0.2, 0.25) is 5.91 Å². The van der Waals surface area contributed by atoms with Gasteiger partial charge in [-0.1, -0.05) is 5.92 Å². The van der Waals surface area contributed by atoms with Crippen LogP contribution in [0.5, 0.6) is 0 Å². The highest BCUT2D eigenvalue weighted by Gasteiger charge is 2.31. The van der Waals surface area contributed by atoms with Crippen LogP contribution in [-0.4, -0.2) is 85.6 Å². The minimum atomic E-state index is -1.45. The maximum Gasteiger partial charge on any atom is 0.326 e. The third-order valence-electron chi connectivity index (χ3n) is 8.26. The number of carboxylic acid groups (broad SMARTS) is 3. The number of aromatic nitrogens is 2. The van der Waals surface area contributed by atoms with E-state index in [2.05, 4.69) is 21.2 Å². The Kier molecular flexibility index (Phi) is 10.6. The molecule has 3 aromatic rings. The molecule has 4 rings (SSSR count). The first-order chi connectivity index (χ1) is 22.3. The number of hydrogen-bond donors (Lipinski definition) is 5. The topological polar surface area (TPSA) is 210 Å². The Balaban J connectivity index is 1.45. The van der Waals surface area contributed by atoms with Gasteiger partial charge < -0.3 is 35.4 Å². The number of likely N-dealkylation sites (N-methyl/N-ethyl adjacent to an activating group) is 1. The lowest BCUT2D eigenvalue weighted by Crippen LogP contribution is -2.45. The summed E-state index contributed by atoms with van der Waals surface area (Å²) in [5, 5.41) is 30.8. The zero-order valence-electron chi connectivity index (χ0n) is 25.9. The summed E-state index contributed by atoms with van der Waals surface area (Å²) in [5.74, 6) is -2.19. The Hall–Kier alpha value is -5.71. The van der Waals surface area contributed by atoms with E-state index >= 15 is 0 Å². The van der Waals surface area contributed by atoms with Gasteiger partial charge in [-0.2, -0.15) is 0 Å². The summed E-state index contributed by atoms with van der Waals surface area (Å²) < 4.78 is 0. The smallest absolute Gasteiger partial charge is 0.326 e. The summed E-state index contributed by atoms with van der Waals surface area (Å²) in [4.78, 5) is 82.6. The molecule has 2 amide bonds. The molecule has 0 saturated heterocycles. The lowest BCUT2D eigenvalue weighted by molar-refractivity contribution is -0.150. The van der Waals surface area contributed by atoms with Crippen molar-refractivity contribution in [1.82, 2.24) is 20.2 Å². The van der Waals surface area contributed by atoms with Crippen LogP contribution in [0.15, 0.2) is 41.2 Å². The molecule has 1 unspecified atom stereocenters. The molecule has 0 radical (unpaired) electrons. The van der Waals surface area contributed by atoms with E-state index in [9.17, 15) is 39.0 Å². The summed E-state index contributed by atoms with van der Waals surface area (Å²) in [6.07, 6.45) is 5.72. The van der Waals surface area contributed by atoms with Gasteiger partial charge in [0.1, 0.15) is 17.9 Å². The monoisotopic (exact) mass is 645 g/mol. The van der Waals surface area contributed by atoms with Gasteiger partial charge in [-0.3, -0.25) is 19.2 Å². The molecule has 246 valence electrons. The molecule has 1 aromatic heterocycles. The van der Waals surface area contributed by atoms with Crippen molar-refractivity contribution < 1.29 is 39.3 Å². The van der Waals surface area contributed by atoms with Crippen molar-refractivity contribution >= 4 is 46.3 Å². The fraction of sp³-hybridized carbons (Fsp3) is 0.364. The summed E-state index contributed by atoms with van der Waals surface area (Å²) >= 11 is 0. The summed E-state index contributed by atoms with van der Waals surface area (Å²) in [7, 11) is 1.20. The number of aliphatic carboxylic acids is 3. The van der Waals surface area contributed by atoms with Gasteiger partial charge in [-0.25, -0.2) is 14.6 Å². The van der Waals surface area contributed by atoms with E-state index in [1.807, 2.05) is 17.0 Å². The number of aryl methyl sites for hydroxylation is 2. The second-order valence-corrected chi connectivity index (χ2v) is 11.3. The second kappa shape index (κ2) is 14.6. The Morgan fingerprint density at radius 3 is 2.38 bits per heavy atom. The van der Waals surface area contributed by atoms with Crippen LogP contribution in [0.4, 0.5) is 5.69 Å². The Labute approximate surface area is 269 Å². The first-order valence-corrected chi connectivity index (χ1v) is 14.9. The molecule has 1 heterocycles. The molecule has 0 spiro atoms. The number of nitrogens with zero attached hydrogens (tertiary/aromatic N) is 3. The highest BCUT2D eigenvalue weighted by molar-refractivity contribution is 5.97. The summed E-state index contributed by atoms with van der Waals surface area (Å²) in [6, 6.07) is 7.24. The molecule has 14 nitrogen and oxygen atoms in total. The van der Waals surface area contributed by atoms with E-state index in [1.54, 1.807) is 19.1 Å². The Bertz CT molecular complexity index is 1810. The van der Waals surface area contributed by atoms with Crippen LogP contribution in [0.3, 0.4) is 0 Å². The van der Waals surface area contributed by atoms with Gasteiger partial charge in [0.25, 0.3) is 11.5 Å². The zero-order valence-corrected chi connectivity index (χ0v) is 25.9. The van der Waals surface area contributed by atoms with Crippen LogP contribution in [0, 0.1) is 19.3 Å². The number of H-pyrrole nitrogens is 1. The van der Waals surface area contributed by atoms with Crippen LogP contribution in [-0.2, 0) is 25.6 Å². The van der Waals surface area contributed by atoms with Crippen molar-refractivity contribution in [2.75, 3.05) is 18.5 Å². The number of hydrogen-bond acceptors (Lipinski definition) is 8. The highest BCUT2D eigenvalue weighted by Crippen LogP contribution is 2.39. The number of carbonyl (C=O) groups is 5. The van der Waals surface area contributed by atoms with Crippen molar-refractivity contribution in [2.24, 2.45) is 0 Å². The lowest BCUT2D eigenvalue weighted by Gasteiger charge is -2.30. The predicted molar refractivity (Wildman–Crippen MR) is 170 cm³/mol. The average Bonchev–Trinajstić information content (AvgIpc) is 3.42. The second-order valence-electron chi connectivity index (χ2n) is 11.3. The van der Waals surface area contributed by atoms with Gasteiger partial charge in [0.05, 0.1) is 23.5 Å². The number of rotatable bonds is 14. The number of benzene rings is 2. The van der Waals surface area contributed by atoms with E-state index in [0.29, 0.717) is 22.4 Å².